The van der Waals surface area contributed by atoms with E-state index in [0.717, 1.165) is 33.5 Å². The number of ether oxygens (including phenoxy) is 2. The van der Waals surface area contributed by atoms with E-state index in [9.17, 15) is 0 Å². The quantitative estimate of drug-likeness (QED) is 0.846. The van der Waals surface area contributed by atoms with Gasteiger partial charge < -0.3 is 15.2 Å². The van der Waals surface area contributed by atoms with Crippen molar-refractivity contribution in [3.63, 3.8) is 0 Å². The van der Waals surface area contributed by atoms with Gasteiger partial charge in [-0.1, -0.05) is 6.07 Å². The Morgan fingerprint density at radius 1 is 1.20 bits per heavy atom. The van der Waals surface area contributed by atoms with Crippen LogP contribution in [0, 0.1) is 3.57 Å². The molecular weight excluding hydrogens is 305 g/mol. The molecule has 0 fully saturated rings. The third kappa shape index (κ3) is 2.98. The Morgan fingerprint density at radius 2 is 1.87 bits per heavy atom. The first-order valence-electron chi connectivity index (χ1n) is 4.84. The number of hydrogen-bond donors (Lipinski definition) is 1. The summed E-state index contributed by atoms with van der Waals surface area (Å²) < 4.78 is 11.8. The summed E-state index contributed by atoms with van der Waals surface area (Å²) in [4.78, 5) is 0. The highest BCUT2D eigenvalue weighted by atomic mass is 127. The summed E-state index contributed by atoms with van der Waals surface area (Å²) in [6.07, 6.45) is 1.88. The minimum absolute atomic E-state index is 0.692. The van der Waals surface area contributed by atoms with Gasteiger partial charge in [-0.15, -0.1) is 0 Å². The van der Waals surface area contributed by atoms with Crippen molar-refractivity contribution in [2.24, 2.45) is 5.73 Å². The van der Waals surface area contributed by atoms with Crippen LogP contribution in [0.4, 0.5) is 0 Å². The van der Waals surface area contributed by atoms with Gasteiger partial charge in [0.05, 0.1) is 17.8 Å². The van der Waals surface area contributed by atoms with Crippen molar-refractivity contribution in [3.8, 4) is 11.5 Å². The van der Waals surface area contributed by atoms with Crippen molar-refractivity contribution >= 4 is 22.6 Å². The summed E-state index contributed by atoms with van der Waals surface area (Å²) in [7, 11) is 3.33. The number of hydrogen-bond acceptors (Lipinski definition) is 3. The fourth-order valence-electron chi connectivity index (χ4n) is 1.48. The molecule has 0 radical (unpaired) electrons. The van der Waals surface area contributed by atoms with Gasteiger partial charge in [-0.2, -0.15) is 0 Å². The molecule has 4 heteroatoms. The minimum atomic E-state index is 0.692. The maximum Gasteiger partial charge on any atom is 0.174 e. The van der Waals surface area contributed by atoms with Gasteiger partial charge in [0.2, 0.25) is 0 Å². The second kappa shape index (κ2) is 6.17. The molecule has 0 spiro atoms. The van der Waals surface area contributed by atoms with Crippen molar-refractivity contribution < 1.29 is 9.47 Å². The van der Waals surface area contributed by atoms with E-state index in [1.807, 2.05) is 6.07 Å². The molecular formula is C11H16INO2. The summed E-state index contributed by atoms with van der Waals surface area (Å²) in [5.41, 5.74) is 6.65. The largest absolute Gasteiger partial charge is 0.493 e. The molecule has 0 saturated heterocycles. The number of halogens is 1. The van der Waals surface area contributed by atoms with Crippen molar-refractivity contribution in [1.82, 2.24) is 0 Å². The Balaban J connectivity index is 3.05. The van der Waals surface area contributed by atoms with Gasteiger partial charge in [-0.25, -0.2) is 0 Å². The zero-order valence-electron chi connectivity index (χ0n) is 9.05. The second-order valence-electron chi connectivity index (χ2n) is 3.17. The van der Waals surface area contributed by atoms with Crippen LogP contribution in [0.15, 0.2) is 12.1 Å². The van der Waals surface area contributed by atoms with Crippen molar-refractivity contribution in [2.75, 3.05) is 20.8 Å². The van der Waals surface area contributed by atoms with Gasteiger partial charge in [-0.3, -0.25) is 0 Å². The number of rotatable bonds is 5. The highest BCUT2D eigenvalue weighted by Crippen LogP contribution is 2.35. The van der Waals surface area contributed by atoms with Crippen LogP contribution in [0.5, 0.6) is 11.5 Å². The third-order valence-electron chi connectivity index (χ3n) is 2.20. The smallest absolute Gasteiger partial charge is 0.174 e. The Labute approximate surface area is 104 Å². The van der Waals surface area contributed by atoms with Crippen LogP contribution in [0.2, 0.25) is 0 Å². The third-order valence-corrected chi connectivity index (χ3v) is 3.05. The van der Waals surface area contributed by atoms with Gasteiger partial charge in [0, 0.05) is 0 Å². The lowest BCUT2D eigenvalue weighted by molar-refractivity contribution is 0.349. The summed E-state index contributed by atoms with van der Waals surface area (Å²) in [6.45, 7) is 0.692. The predicted octanol–water partition coefficient (Wildman–Crippen LogP) is 2.20. The van der Waals surface area contributed by atoms with Gasteiger partial charge >= 0.3 is 0 Å². The average Bonchev–Trinajstić information content (AvgIpc) is 2.26. The van der Waals surface area contributed by atoms with Gasteiger partial charge in [0.25, 0.3) is 0 Å². The Kier molecular flexibility index (Phi) is 5.17. The van der Waals surface area contributed by atoms with E-state index in [1.54, 1.807) is 14.2 Å². The van der Waals surface area contributed by atoms with Gasteiger partial charge in [-0.05, 0) is 53.6 Å². The topological polar surface area (TPSA) is 44.5 Å². The van der Waals surface area contributed by atoms with Crippen LogP contribution in [0.3, 0.4) is 0 Å². The van der Waals surface area contributed by atoms with Gasteiger partial charge in [0.15, 0.2) is 11.5 Å². The molecule has 15 heavy (non-hydrogen) atoms. The lowest BCUT2D eigenvalue weighted by Gasteiger charge is -2.13. The normalized spacial score (nSPS) is 10.1. The Morgan fingerprint density at radius 3 is 2.40 bits per heavy atom. The molecule has 0 unspecified atom stereocenters. The summed E-state index contributed by atoms with van der Waals surface area (Å²) in [5, 5.41) is 0. The molecule has 0 aromatic heterocycles. The van der Waals surface area contributed by atoms with Crippen LogP contribution in [0.1, 0.15) is 12.0 Å². The summed E-state index contributed by atoms with van der Waals surface area (Å²) >= 11 is 2.23. The monoisotopic (exact) mass is 321 g/mol. The SMILES string of the molecule is COc1c(I)ccc(CCCN)c1OC. The minimum Gasteiger partial charge on any atom is -0.493 e. The second-order valence-corrected chi connectivity index (χ2v) is 4.33. The molecule has 0 aliphatic rings. The zero-order chi connectivity index (χ0) is 11.3. The lowest BCUT2D eigenvalue weighted by atomic mass is 10.1. The standard InChI is InChI=1S/C11H16INO2/c1-14-10-8(4-3-7-13)5-6-9(12)11(10)15-2/h5-6H,3-4,7,13H2,1-2H3. The Hall–Kier alpha value is -0.490. The van der Waals surface area contributed by atoms with Crippen LogP contribution in [-0.2, 0) is 6.42 Å². The fraction of sp³-hybridized carbons (Fsp3) is 0.455. The van der Waals surface area contributed by atoms with E-state index < -0.39 is 0 Å². The summed E-state index contributed by atoms with van der Waals surface area (Å²) in [6, 6.07) is 4.10. The van der Waals surface area contributed by atoms with E-state index in [0.29, 0.717) is 6.54 Å². The predicted molar refractivity (Wildman–Crippen MR) is 69.6 cm³/mol. The van der Waals surface area contributed by atoms with E-state index in [4.69, 9.17) is 15.2 Å². The number of aryl methyl sites for hydroxylation is 1. The van der Waals surface area contributed by atoms with Gasteiger partial charge in [0.1, 0.15) is 0 Å². The maximum absolute atomic E-state index is 5.49. The molecule has 0 amide bonds. The first-order chi connectivity index (χ1) is 7.24. The maximum atomic E-state index is 5.49. The van der Waals surface area contributed by atoms with Crippen LogP contribution < -0.4 is 15.2 Å². The molecule has 1 rings (SSSR count). The molecule has 0 atom stereocenters. The average molecular weight is 321 g/mol. The van der Waals surface area contributed by atoms with E-state index in [-0.39, 0.29) is 0 Å². The van der Waals surface area contributed by atoms with Crippen molar-refractivity contribution in [1.29, 1.82) is 0 Å². The lowest BCUT2D eigenvalue weighted by Crippen LogP contribution is -2.03. The van der Waals surface area contributed by atoms with Crippen molar-refractivity contribution in [2.45, 2.75) is 12.8 Å². The fourth-order valence-corrected chi connectivity index (χ4v) is 2.13. The van der Waals surface area contributed by atoms with Crippen LogP contribution in [0.25, 0.3) is 0 Å². The molecule has 0 aliphatic carbocycles. The highest BCUT2D eigenvalue weighted by molar-refractivity contribution is 14.1. The van der Waals surface area contributed by atoms with Crippen LogP contribution >= 0.6 is 22.6 Å². The molecule has 0 aliphatic heterocycles. The van der Waals surface area contributed by atoms with E-state index >= 15 is 0 Å². The summed E-state index contributed by atoms with van der Waals surface area (Å²) in [5.74, 6) is 1.64. The molecule has 3 nitrogen and oxygen atoms in total. The molecule has 0 saturated carbocycles. The molecule has 0 heterocycles. The number of benzene rings is 1. The highest BCUT2D eigenvalue weighted by Gasteiger charge is 2.12. The number of nitrogens with two attached hydrogens (primary N) is 1. The first-order valence-corrected chi connectivity index (χ1v) is 5.91. The number of methoxy groups -OCH3 is 2. The molecule has 1 aromatic rings. The zero-order valence-corrected chi connectivity index (χ0v) is 11.2. The van der Waals surface area contributed by atoms with Crippen LogP contribution in [-0.4, -0.2) is 20.8 Å². The molecule has 1 aromatic carbocycles. The van der Waals surface area contributed by atoms with Crippen molar-refractivity contribution in [3.05, 3.63) is 21.3 Å². The van der Waals surface area contributed by atoms with E-state index in [2.05, 4.69) is 28.7 Å². The molecule has 84 valence electrons. The van der Waals surface area contributed by atoms with E-state index in [1.165, 1.54) is 0 Å². The first kappa shape index (κ1) is 12.6. The molecule has 0 bridgehead atoms. The Bertz CT molecular complexity index is 329. The molecule has 2 N–H and O–H groups in total.